The van der Waals surface area contributed by atoms with E-state index in [0.29, 0.717) is 19.1 Å². The van der Waals surface area contributed by atoms with Crippen molar-refractivity contribution in [3.05, 3.63) is 35.9 Å². The van der Waals surface area contributed by atoms with Crippen LogP contribution in [0.15, 0.2) is 30.3 Å². The predicted molar refractivity (Wildman–Crippen MR) is 124 cm³/mol. The molecular formula is C25H38N4O3. The topological polar surface area (TPSA) is 56.3 Å². The van der Waals surface area contributed by atoms with Crippen LogP contribution >= 0.6 is 0 Å². The van der Waals surface area contributed by atoms with E-state index in [1.807, 2.05) is 26.8 Å². The van der Waals surface area contributed by atoms with Gasteiger partial charge in [-0.05, 0) is 72.2 Å². The van der Waals surface area contributed by atoms with Crippen LogP contribution in [0.2, 0.25) is 0 Å². The first kappa shape index (κ1) is 22.9. The quantitative estimate of drug-likeness (QED) is 0.711. The number of hydrogen-bond donors (Lipinski definition) is 0. The van der Waals surface area contributed by atoms with E-state index in [4.69, 9.17) is 4.74 Å². The van der Waals surface area contributed by atoms with Crippen LogP contribution in [0.25, 0.3) is 0 Å². The van der Waals surface area contributed by atoms with Crippen LogP contribution in [-0.4, -0.2) is 89.2 Å². The smallest absolute Gasteiger partial charge is 0.410 e. The summed E-state index contributed by atoms with van der Waals surface area (Å²) in [6.45, 7) is 9.76. The average Bonchev–Trinajstić information content (AvgIpc) is 3.11. The number of likely N-dealkylation sites (tertiary alicyclic amines) is 2. The molecule has 3 saturated heterocycles. The van der Waals surface area contributed by atoms with Crippen molar-refractivity contribution in [2.75, 3.05) is 39.8 Å². The molecule has 7 nitrogen and oxygen atoms in total. The van der Waals surface area contributed by atoms with E-state index in [9.17, 15) is 9.59 Å². The SMILES string of the molecule is CN1CCC(N2CC(c3ccccc3)N(C3CCN(C(=O)OC(C)(C)C)CC3)C2=O)CC1. The Morgan fingerprint density at radius 3 is 2.12 bits per heavy atom. The zero-order valence-corrected chi connectivity index (χ0v) is 20.0. The first-order valence-electron chi connectivity index (χ1n) is 12.0. The number of carbonyl (C=O) groups is 2. The zero-order chi connectivity index (χ0) is 22.9. The maximum Gasteiger partial charge on any atom is 0.410 e. The monoisotopic (exact) mass is 442 g/mol. The maximum absolute atomic E-state index is 13.7. The van der Waals surface area contributed by atoms with E-state index in [-0.39, 0.29) is 24.2 Å². The molecule has 0 bridgehead atoms. The summed E-state index contributed by atoms with van der Waals surface area (Å²) in [6, 6.07) is 11.1. The number of hydrogen-bond acceptors (Lipinski definition) is 4. The number of carbonyl (C=O) groups excluding carboxylic acids is 2. The minimum Gasteiger partial charge on any atom is -0.444 e. The lowest BCUT2D eigenvalue weighted by molar-refractivity contribution is 0.0157. The van der Waals surface area contributed by atoms with Crippen LogP contribution in [0.5, 0.6) is 0 Å². The first-order chi connectivity index (χ1) is 15.2. The van der Waals surface area contributed by atoms with Gasteiger partial charge in [-0.25, -0.2) is 9.59 Å². The third-order valence-corrected chi connectivity index (χ3v) is 6.99. The highest BCUT2D eigenvalue weighted by Gasteiger charge is 2.45. The van der Waals surface area contributed by atoms with Gasteiger partial charge in [0.25, 0.3) is 0 Å². The molecule has 1 unspecified atom stereocenters. The fraction of sp³-hybridized carbons (Fsp3) is 0.680. The van der Waals surface area contributed by atoms with Crippen molar-refractivity contribution in [1.29, 1.82) is 0 Å². The minimum atomic E-state index is -0.494. The number of rotatable bonds is 3. The van der Waals surface area contributed by atoms with Gasteiger partial charge in [0.2, 0.25) is 0 Å². The molecule has 7 heteroatoms. The van der Waals surface area contributed by atoms with E-state index < -0.39 is 5.60 Å². The lowest BCUT2D eigenvalue weighted by Gasteiger charge is -2.39. The van der Waals surface area contributed by atoms with Crippen molar-refractivity contribution in [2.45, 2.75) is 70.2 Å². The highest BCUT2D eigenvalue weighted by Crippen LogP contribution is 2.37. The Hall–Kier alpha value is -2.28. The molecule has 1 aromatic rings. The van der Waals surface area contributed by atoms with Gasteiger partial charge in [-0.2, -0.15) is 0 Å². The van der Waals surface area contributed by atoms with Crippen LogP contribution in [0.4, 0.5) is 9.59 Å². The molecule has 0 spiro atoms. The van der Waals surface area contributed by atoms with Crippen LogP contribution in [0.3, 0.4) is 0 Å². The second-order valence-electron chi connectivity index (χ2n) is 10.5. The standard InChI is InChI=1S/C25H38N4O3/c1-25(2,3)32-24(31)27-16-12-21(13-17-27)29-22(19-8-6-5-7-9-19)18-28(23(29)30)20-10-14-26(4)15-11-20/h5-9,20-22H,10-18H2,1-4H3. The maximum atomic E-state index is 13.7. The summed E-state index contributed by atoms with van der Waals surface area (Å²) < 4.78 is 5.55. The Balaban J connectivity index is 1.48. The van der Waals surface area contributed by atoms with Crippen molar-refractivity contribution < 1.29 is 14.3 Å². The van der Waals surface area contributed by atoms with E-state index in [1.165, 1.54) is 5.56 Å². The molecule has 3 heterocycles. The highest BCUT2D eigenvalue weighted by atomic mass is 16.6. The fourth-order valence-corrected chi connectivity index (χ4v) is 5.25. The van der Waals surface area contributed by atoms with Crippen molar-refractivity contribution in [3.8, 4) is 0 Å². The molecule has 3 aliphatic rings. The van der Waals surface area contributed by atoms with Gasteiger partial charge in [0.05, 0.1) is 6.04 Å². The number of nitrogens with zero attached hydrogens (tertiary/aromatic N) is 4. The molecule has 32 heavy (non-hydrogen) atoms. The van der Waals surface area contributed by atoms with Gasteiger partial charge in [0.1, 0.15) is 5.60 Å². The normalized spacial score (nSPS) is 24.3. The summed E-state index contributed by atoms with van der Waals surface area (Å²) in [5, 5.41) is 0. The van der Waals surface area contributed by atoms with E-state index >= 15 is 0 Å². The zero-order valence-electron chi connectivity index (χ0n) is 20.0. The molecule has 0 N–H and O–H groups in total. The molecule has 0 aliphatic carbocycles. The summed E-state index contributed by atoms with van der Waals surface area (Å²) in [5.74, 6) is 0. The summed E-state index contributed by atoms with van der Waals surface area (Å²) in [4.78, 5) is 34.6. The van der Waals surface area contributed by atoms with Crippen molar-refractivity contribution in [2.24, 2.45) is 0 Å². The molecule has 3 aliphatic heterocycles. The Morgan fingerprint density at radius 2 is 1.53 bits per heavy atom. The van der Waals surface area contributed by atoms with Crippen molar-refractivity contribution in [1.82, 2.24) is 19.6 Å². The van der Waals surface area contributed by atoms with E-state index in [1.54, 1.807) is 4.90 Å². The third kappa shape index (κ3) is 5.03. The van der Waals surface area contributed by atoms with Crippen LogP contribution < -0.4 is 0 Å². The lowest BCUT2D eigenvalue weighted by atomic mass is 9.99. The van der Waals surface area contributed by atoms with Gasteiger partial charge in [-0.3, -0.25) is 0 Å². The number of urea groups is 1. The molecule has 4 rings (SSSR count). The second kappa shape index (κ2) is 9.30. The number of piperidine rings is 2. The highest BCUT2D eigenvalue weighted by molar-refractivity contribution is 5.78. The summed E-state index contributed by atoms with van der Waals surface area (Å²) in [6.07, 6.45) is 3.39. The number of benzene rings is 1. The van der Waals surface area contributed by atoms with Gasteiger partial charge >= 0.3 is 12.1 Å². The number of ether oxygens (including phenoxy) is 1. The molecule has 3 amide bonds. The van der Waals surface area contributed by atoms with Gasteiger partial charge in [-0.15, -0.1) is 0 Å². The van der Waals surface area contributed by atoms with Gasteiger partial charge in [0.15, 0.2) is 0 Å². The summed E-state index contributed by atoms with van der Waals surface area (Å²) in [5.41, 5.74) is 0.706. The summed E-state index contributed by atoms with van der Waals surface area (Å²) >= 11 is 0. The molecule has 176 valence electrons. The van der Waals surface area contributed by atoms with Crippen molar-refractivity contribution in [3.63, 3.8) is 0 Å². The Bertz CT molecular complexity index is 793. The Morgan fingerprint density at radius 1 is 0.938 bits per heavy atom. The van der Waals surface area contributed by atoms with Crippen LogP contribution in [-0.2, 0) is 4.74 Å². The average molecular weight is 443 g/mol. The van der Waals surface area contributed by atoms with E-state index in [0.717, 1.165) is 45.3 Å². The van der Waals surface area contributed by atoms with Gasteiger partial charge in [-0.1, -0.05) is 30.3 Å². The third-order valence-electron chi connectivity index (χ3n) is 6.99. The van der Waals surface area contributed by atoms with Gasteiger partial charge < -0.3 is 24.3 Å². The molecule has 0 radical (unpaired) electrons. The van der Waals surface area contributed by atoms with E-state index in [2.05, 4.69) is 46.0 Å². The molecule has 1 aromatic carbocycles. The molecule has 1 atom stereocenters. The molecular weight excluding hydrogens is 404 g/mol. The van der Waals surface area contributed by atoms with Crippen LogP contribution in [0.1, 0.15) is 58.1 Å². The molecule has 3 fully saturated rings. The lowest BCUT2D eigenvalue weighted by Crippen LogP contribution is -2.50. The first-order valence-corrected chi connectivity index (χ1v) is 12.0. The largest absolute Gasteiger partial charge is 0.444 e. The Labute approximate surface area is 192 Å². The fourth-order valence-electron chi connectivity index (χ4n) is 5.25. The van der Waals surface area contributed by atoms with Crippen LogP contribution in [0, 0.1) is 0 Å². The van der Waals surface area contributed by atoms with Gasteiger partial charge in [0, 0.05) is 31.7 Å². The minimum absolute atomic E-state index is 0.0708. The summed E-state index contributed by atoms with van der Waals surface area (Å²) in [7, 11) is 2.15. The number of amides is 3. The second-order valence-corrected chi connectivity index (χ2v) is 10.5. The van der Waals surface area contributed by atoms with Crippen molar-refractivity contribution >= 4 is 12.1 Å². The Kier molecular flexibility index (Phi) is 6.65. The molecule has 0 saturated carbocycles. The predicted octanol–water partition coefficient (Wildman–Crippen LogP) is 3.96. The molecule has 0 aromatic heterocycles.